The summed E-state index contributed by atoms with van der Waals surface area (Å²) >= 11 is 0. The molecule has 22 heavy (non-hydrogen) atoms. The van der Waals surface area contributed by atoms with Crippen LogP contribution in [0.25, 0.3) is 0 Å². The lowest BCUT2D eigenvalue weighted by atomic mass is 10.0. The van der Waals surface area contributed by atoms with Crippen LogP contribution in [0.1, 0.15) is 16.7 Å². The zero-order valence-corrected chi connectivity index (χ0v) is 10.9. The Labute approximate surface area is 120 Å². The molecule has 0 aliphatic rings. The van der Waals surface area contributed by atoms with Crippen molar-refractivity contribution in [2.24, 2.45) is 15.9 Å². The van der Waals surface area contributed by atoms with E-state index in [0.717, 1.165) is 0 Å². The van der Waals surface area contributed by atoms with Crippen molar-refractivity contribution in [3.05, 3.63) is 34.9 Å². The number of hydrazine groups is 1. The number of halogens is 6. The number of aliphatic imine (C=N–C) groups is 1. The molecule has 5 nitrogen and oxygen atoms in total. The average Bonchev–Trinajstić information content (AvgIpc) is 2.41. The summed E-state index contributed by atoms with van der Waals surface area (Å²) in [5.74, 6) is 4.86. The van der Waals surface area contributed by atoms with Crippen LogP contribution in [0.15, 0.2) is 28.3 Å². The number of nitrogens with zero attached hydrogens (tertiary/aromatic N) is 2. The largest absolute Gasteiger partial charge is 0.416 e. The maximum absolute atomic E-state index is 12.7. The Bertz CT molecular complexity index is 531. The molecule has 11 heteroatoms. The monoisotopic (exact) mass is 327 g/mol. The third kappa shape index (κ3) is 4.91. The molecular weight excluding hydrogens is 316 g/mol. The van der Waals surface area contributed by atoms with E-state index >= 15 is 0 Å². The zero-order chi connectivity index (χ0) is 17.0. The molecule has 0 aliphatic heterocycles. The van der Waals surface area contributed by atoms with Crippen molar-refractivity contribution >= 4 is 12.7 Å². The summed E-state index contributed by atoms with van der Waals surface area (Å²) in [6.45, 7) is 2.58. The second kappa shape index (κ2) is 6.64. The Hall–Kier alpha value is -2.30. The molecule has 0 spiro atoms. The first-order valence-corrected chi connectivity index (χ1v) is 5.59. The molecule has 122 valence electrons. The molecule has 1 aromatic rings. The van der Waals surface area contributed by atoms with Crippen molar-refractivity contribution in [1.82, 2.24) is 10.9 Å². The molecule has 0 heterocycles. The fourth-order valence-corrected chi connectivity index (χ4v) is 1.47. The van der Waals surface area contributed by atoms with Crippen LogP contribution in [-0.4, -0.2) is 12.7 Å². The molecule has 0 unspecified atom stereocenters. The van der Waals surface area contributed by atoms with Gasteiger partial charge in [-0.3, -0.25) is 5.43 Å². The summed E-state index contributed by atoms with van der Waals surface area (Å²) in [6, 6.07) is 1.20. The smallest absolute Gasteiger partial charge is 0.293 e. The first kappa shape index (κ1) is 17.8. The average molecular weight is 327 g/mol. The summed E-state index contributed by atoms with van der Waals surface area (Å²) in [5.41, 5.74) is 1.08. The van der Waals surface area contributed by atoms with Gasteiger partial charge in [0.25, 0.3) is 0 Å². The molecule has 0 bridgehead atoms. The quantitative estimate of drug-likeness (QED) is 0.262. The SMILES string of the molecule is C=NNC(=NCc1cc(C(F)(F)F)cc(C(F)(F)F)c1)NN. The lowest BCUT2D eigenvalue weighted by molar-refractivity contribution is -0.143. The van der Waals surface area contributed by atoms with E-state index in [4.69, 9.17) is 5.84 Å². The van der Waals surface area contributed by atoms with Gasteiger partial charge in [-0.25, -0.2) is 16.3 Å². The van der Waals surface area contributed by atoms with Crippen molar-refractivity contribution in [3.8, 4) is 0 Å². The van der Waals surface area contributed by atoms with Gasteiger partial charge in [-0.15, -0.1) is 0 Å². The molecule has 0 amide bonds. The Balaban J connectivity index is 3.21. The zero-order valence-electron chi connectivity index (χ0n) is 10.9. The van der Waals surface area contributed by atoms with Crippen molar-refractivity contribution < 1.29 is 26.3 Å². The molecule has 0 aliphatic carbocycles. The fraction of sp³-hybridized carbons (Fsp3) is 0.273. The Morgan fingerprint density at radius 2 is 1.55 bits per heavy atom. The standard InChI is InChI=1S/C11H11F6N5/c1-19-22-9(21-18)20-5-6-2-7(10(12,13)14)4-8(3-6)11(15,16)17/h2-4H,1,5,18H2,(H2,20,21,22). The van der Waals surface area contributed by atoms with Crippen molar-refractivity contribution in [2.45, 2.75) is 18.9 Å². The minimum absolute atomic E-state index is 0.0405. The van der Waals surface area contributed by atoms with Crippen LogP contribution in [-0.2, 0) is 18.9 Å². The number of benzene rings is 1. The minimum atomic E-state index is -4.91. The first-order valence-electron chi connectivity index (χ1n) is 5.59. The van der Waals surface area contributed by atoms with Gasteiger partial charge in [0, 0.05) is 6.72 Å². The lowest BCUT2D eigenvalue weighted by Gasteiger charge is -2.13. The van der Waals surface area contributed by atoms with E-state index in [0.29, 0.717) is 12.1 Å². The van der Waals surface area contributed by atoms with Crippen molar-refractivity contribution in [2.75, 3.05) is 0 Å². The molecule has 0 saturated carbocycles. The molecule has 0 fully saturated rings. The van der Waals surface area contributed by atoms with E-state index in [2.05, 4.69) is 22.2 Å². The molecule has 1 rings (SSSR count). The topological polar surface area (TPSA) is 74.8 Å². The number of hydrazone groups is 1. The Kier molecular flexibility index (Phi) is 5.36. The second-order valence-corrected chi connectivity index (χ2v) is 3.99. The van der Waals surface area contributed by atoms with E-state index < -0.39 is 30.0 Å². The van der Waals surface area contributed by atoms with Crippen LogP contribution in [0.3, 0.4) is 0 Å². The highest BCUT2D eigenvalue weighted by Crippen LogP contribution is 2.36. The van der Waals surface area contributed by atoms with Crippen LogP contribution in [0, 0.1) is 0 Å². The summed E-state index contributed by atoms with van der Waals surface area (Å²) < 4.78 is 75.9. The van der Waals surface area contributed by atoms with E-state index in [9.17, 15) is 26.3 Å². The van der Waals surface area contributed by atoms with Crippen LogP contribution in [0.5, 0.6) is 0 Å². The minimum Gasteiger partial charge on any atom is -0.293 e. The Morgan fingerprint density at radius 1 is 1.05 bits per heavy atom. The van der Waals surface area contributed by atoms with Gasteiger partial charge < -0.3 is 0 Å². The summed E-state index contributed by atoms with van der Waals surface area (Å²) in [6.07, 6.45) is -9.81. The Morgan fingerprint density at radius 3 is 1.91 bits per heavy atom. The third-order valence-electron chi connectivity index (χ3n) is 2.39. The number of hydrogen-bond acceptors (Lipinski definition) is 3. The lowest BCUT2D eigenvalue weighted by Crippen LogP contribution is -2.39. The molecule has 0 atom stereocenters. The number of alkyl halides is 6. The van der Waals surface area contributed by atoms with Crippen LogP contribution in [0.4, 0.5) is 26.3 Å². The predicted octanol–water partition coefficient (Wildman–Crippen LogP) is 2.25. The number of nitrogens with two attached hydrogens (primary N) is 1. The fourth-order valence-electron chi connectivity index (χ4n) is 1.47. The molecule has 4 N–H and O–H groups in total. The highest BCUT2D eigenvalue weighted by molar-refractivity contribution is 5.79. The predicted molar refractivity (Wildman–Crippen MR) is 67.6 cm³/mol. The van der Waals surface area contributed by atoms with E-state index in [1.807, 2.05) is 5.43 Å². The van der Waals surface area contributed by atoms with E-state index in [1.54, 1.807) is 0 Å². The number of rotatable bonds is 3. The summed E-state index contributed by atoms with van der Waals surface area (Å²) in [7, 11) is 0. The first-order chi connectivity index (χ1) is 10.1. The second-order valence-electron chi connectivity index (χ2n) is 3.99. The molecule has 0 saturated heterocycles. The van der Waals surface area contributed by atoms with Crippen LogP contribution < -0.4 is 16.7 Å². The summed E-state index contributed by atoms with van der Waals surface area (Å²) in [4.78, 5) is 3.65. The number of hydrogen-bond donors (Lipinski definition) is 3. The van der Waals surface area contributed by atoms with E-state index in [-0.39, 0.29) is 17.6 Å². The van der Waals surface area contributed by atoms with Crippen LogP contribution >= 0.6 is 0 Å². The van der Waals surface area contributed by atoms with Gasteiger partial charge in [0.05, 0.1) is 17.7 Å². The van der Waals surface area contributed by atoms with Gasteiger partial charge in [-0.05, 0) is 23.8 Å². The normalized spacial score (nSPS) is 13.0. The van der Waals surface area contributed by atoms with Gasteiger partial charge in [0.15, 0.2) is 0 Å². The van der Waals surface area contributed by atoms with Gasteiger partial charge in [0.2, 0.25) is 5.96 Å². The van der Waals surface area contributed by atoms with Crippen molar-refractivity contribution in [3.63, 3.8) is 0 Å². The maximum Gasteiger partial charge on any atom is 0.416 e. The third-order valence-corrected chi connectivity index (χ3v) is 2.39. The van der Waals surface area contributed by atoms with Gasteiger partial charge >= 0.3 is 12.4 Å². The van der Waals surface area contributed by atoms with Crippen molar-refractivity contribution in [1.29, 1.82) is 0 Å². The molecule has 0 radical (unpaired) electrons. The number of nitrogens with one attached hydrogen (secondary N) is 2. The highest BCUT2D eigenvalue weighted by Gasteiger charge is 2.36. The molecule has 0 aromatic heterocycles. The van der Waals surface area contributed by atoms with E-state index in [1.165, 1.54) is 0 Å². The van der Waals surface area contributed by atoms with Gasteiger partial charge in [0.1, 0.15) is 0 Å². The molecular formula is C11H11F6N5. The number of guanidine groups is 1. The highest BCUT2D eigenvalue weighted by atomic mass is 19.4. The molecule has 1 aromatic carbocycles. The van der Waals surface area contributed by atoms with Gasteiger partial charge in [-0.1, -0.05) is 0 Å². The maximum atomic E-state index is 12.7. The van der Waals surface area contributed by atoms with Crippen LogP contribution in [0.2, 0.25) is 0 Å². The summed E-state index contributed by atoms with van der Waals surface area (Å²) in [5, 5.41) is 3.20. The van der Waals surface area contributed by atoms with Gasteiger partial charge in [-0.2, -0.15) is 31.4 Å².